The number of anilines is 3. The Balaban J connectivity index is 1.77. The molecule has 3 rings (SSSR count). The van der Waals surface area contributed by atoms with Crippen LogP contribution in [-0.2, 0) is 4.79 Å². The summed E-state index contributed by atoms with van der Waals surface area (Å²) in [5, 5.41) is 15.1. The third-order valence-electron chi connectivity index (χ3n) is 4.57. The molecule has 0 bridgehead atoms. The summed E-state index contributed by atoms with van der Waals surface area (Å²) in [6, 6.07) is 12.7. The molecule has 1 saturated carbocycles. The first-order valence-electron chi connectivity index (χ1n) is 8.82. The second kappa shape index (κ2) is 8.34. The van der Waals surface area contributed by atoms with Crippen molar-refractivity contribution < 1.29 is 9.53 Å². The maximum absolute atomic E-state index is 12.6. The molecule has 0 saturated heterocycles. The van der Waals surface area contributed by atoms with Crippen LogP contribution in [0.4, 0.5) is 17.2 Å². The van der Waals surface area contributed by atoms with Gasteiger partial charge >= 0.3 is 0 Å². The first kappa shape index (κ1) is 17.7. The lowest BCUT2D eigenvalue weighted by molar-refractivity contribution is -0.120. The third kappa shape index (κ3) is 4.31. The van der Waals surface area contributed by atoms with E-state index in [9.17, 15) is 4.79 Å². The van der Waals surface area contributed by atoms with Crippen LogP contribution in [0.3, 0.4) is 0 Å². The van der Waals surface area contributed by atoms with Crippen LogP contribution in [0.2, 0.25) is 0 Å². The average Bonchev–Trinajstić information content (AvgIpc) is 2.69. The molecule has 6 nitrogen and oxygen atoms in total. The normalized spacial score (nSPS) is 14.3. The number of nitriles is 1. The van der Waals surface area contributed by atoms with Crippen molar-refractivity contribution in [1.82, 2.24) is 4.98 Å². The molecule has 1 aromatic carbocycles. The standard InChI is InChI=1S/C20H22N4O2/c1-26-18-11-10-15(22-19-9-5-8-16(13-21)23-19)12-17(18)24-20(25)14-6-3-2-4-7-14/h5,8-12,14H,2-4,6-7H2,1H3,(H,22,23)(H,24,25). The molecular formula is C20H22N4O2. The van der Waals surface area contributed by atoms with E-state index in [2.05, 4.69) is 15.6 Å². The number of carbonyl (C=O) groups excluding carboxylic acids is 1. The lowest BCUT2D eigenvalue weighted by Crippen LogP contribution is -2.25. The SMILES string of the molecule is COc1ccc(Nc2cccc(C#N)n2)cc1NC(=O)C1CCCCC1. The van der Waals surface area contributed by atoms with Gasteiger partial charge in [-0.2, -0.15) is 5.26 Å². The molecule has 1 aliphatic rings. The zero-order valence-corrected chi connectivity index (χ0v) is 14.8. The molecule has 0 spiro atoms. The smallest absolute Gasteiger partial charge is 0.227 e. The zero-order chi connectivity index (χ0) is 18.4. The largest absolute Gasteiger partial charge is 0.495 e. The number of aromatic nitrogens is 1. The van der Waals surface area contributed by atoms with Gasteiger partial charge in [0.05, 0.1) is 12.8 Å². The summed E-state index contributed by atoms with van der Waals surface area (Å²) in [6.07, 6.45) is 5.31. The molecule has 1 aliphatic carbocycles. The van der Waals surface area contributed by atoms with E-state index in [1.807, 2.05) is 18.2 Å². The predicted molar refractivity (Wildman–Crippen MR) is 100 cm³/mol. The molecule has 26 heavy (non-hydrogen) atoms. The zero-order valence-electron chi connectivity index (χ0n) is 14.8. The summed E-state index contributed by atoms with van der Waals surface area (Å²) < 4.78 is 5.37. The van der Waals surface area contributed by atoms with Crippen molar-refractivity contribution in [3.63, 3.8) is 0 Å². The summed E-state index contributed by atoms with van der Waals surface area (Å²) >= 11 is 0. The molecule has 6 heteroatoms. The summed E-state index contributed by atoms with van der Waals surface area (Å²) in [4.78, 5) is 16.8. The van der Waals surface area contributed by atoms with Gasteiger partial charge in [-0.1, -0.05) is 25.3 Å². The van der Waals surface area contributed by atoms with E-state index in [1.165, 1.54) is 6.42 Å². The molecule has 1 heterocycles. The van der Waals surface area contributed by atoms with Crippen LogP contribution in [0.5, 0.6) is 5.75 Å². The molecule has 1 aromatic heterocycles. The number of nitrogens with zero attached hydrogens (tertiary/aromatic N) is 2. The summed E-state index contributed by atoms with van der Waals surface area (Å²) in [5.41, 5.74) is 1.73. The van der Waals surface area contributed by atoms with Gasteiger partial charge in [-0.3, -0.25) is 4.79 Å². The van der Waals surface area contributed by atoms with E-state index in [1.54, 1.807) is 31.4 Å². The first-order chi connectivity index (χ1) is 12.7. The molecule has 1 fully saturated rings. The van der Waals surface area contributed by atoms with Gasteiger partial charge in [0.2, 0.25) is 5.91 Å². The van der Waals surface area contributed by atoms with Crippen molar-refractivity contribution in [2.75, 3.05) is 17.7 Å². The lowest BCUT2D eigenvalue weighted by atomic mass is 9.88. The monoisotopic (exact) mass is 350 g/mol. The van der Waals surface area contributed by atoms with Gasteiger partial charge in [0.15, 0.2) is 0 Å². The third-order valence-corrected chi connectivity index (χ3v) is 4.57. The Morgan fingerprint density at radius 2 is 2.04 bits per heavy atom. The average molecular weight is 350 g/mol. The molecule has 2 N–H and O–H groups in total. The fourth-order valence-corrected chi connectivity index (χ4v) is 3.20. The molecular weight excluding hydrogens is 328 g/mol. The number of pyridine rings is 1. The van der Waals surface area contributed by atoms with Crippen LogP contribution < -0.4 is 15.4 Å². The van der Waals surface area contributed by atoms with Crippen LogP contribution in [0, 0.1) is 17.2 Å². The first-order valence-corrected chi connectivity index (χ1v) is 8.82. The van der Waals surface area contributed by atoms with E-state index in [0.29, 0.717) is 22.9 Å². The van der Waals surface area contributed by atoms with Crippen LogP contribution in [0.15, 0.2) is 36.4 Å². The minimum Gasteiger partial charge on any atom is -0.495 e. The number of amides is 1. The quantitative estimate of drug-likeness (QED) is 0.843. The predicted octanol–water partition coefficient (Wildman–Crippen LogP) is 4.22. The van der Waals surface area contributed by atoms with Crippen molar-refractivity contribution in [2.24, 2.45) is 5.92 Å². The van der Waals surface area contributed by atoms with Crippen molar-refractivity contribution in [1.29, 1.82) is 5.26 Å². The Labute approximate surface area is 153 Å². The molecule has 1 amide bonds. The lowest BCUT2D eigenvalue weighted by Gasteiger charge is -2.21. The van der Waals surface area contributed by atoms with E-state index >= 15 is 0 Å². The Morgan fingerprint density at radius 1 is 1.23 bits per heavy atom. The highest BCUT2D eigenvalue weighted by atomic mass is 16.5. The van der Waals surface area contributed by atoms with Gasteiger partial charge in [0.1, 0.15) is 23.3 Å². The van der Waals surface area contributed by atoms with Crippen LogP contribution in [0.25, 0.3) is 0 Å². The number of hydrogen-bond donors (Lipinski definition) is 2. The Morgan fingerprint density at radius 3 is 2.77 bits per heavy atom. The maximum Gasteiger partial charge on any atom is 0.227 e. The topological polar surface area (TPSA) is 87.0 Å². The molecule has 0 aliphatic heterocycles. The second-order valence-electron chi connectivity index (χ2n) is 6.38. The fourth-order valence-electron chi connectivity index (χ4n) is 3.20. The van der Waals surface area contributed by atoms with E-state index < -0.39 is 0 Å². The number of methoxy groups -OCH3 is 1. The summed E-state index contributed by atoms with van der Waals surface area (Å²) in [5.74, 6) is 1.29. The van der Waals surface area contributed by atoms with Gasteiger partial charge in [-0.05, 0) is 43.2 Å². The number of rotatable bonds is 5. The van der Waals surface area contributed by atoms with Crippen molar-refractivity contribution in [3.05, 3.63) is 42.1 Å². The van der Waals surface area contributed by atoms with Gasteiger partial charge in [-0.25, -0.2) is 4.98 Å². The number of nitrogens with one attached hydrogen (secondary N) is 2. The summed E-state index contributed by atoms with van der Waals surface area (Å²) in [7, 11) is 1.58. The highest BCUT2D eigenvalue weighted by Gasteiger charge is 2.22. The molecule has 0 unspecified atom stereocenters. The fraction of sp³-hybridized carbons (Fsp3) is 0.350. The van der Waals surface area contributed by atoms with Gasteiger partial charge in [-0.15, -0.1) is 0 Å². The van der Waals surface area contributed by atoms with Gasteiger partial charge in [0.25, 0.3) is 0 Å². The highest BCUT2D eigenvalue weighted by Crippen LogP contribution is 2.31. The maximum atomic E-state index is 12.6. The minimum atomic E-state index is 0.0461. The van der Waals surface area contributed by atoms with E-state index in [4.69, 9.17) is 10.00 Å². The highest BCUT2D eigenvalue weighted by molar-refractivity contribution is 5.94. The Bertz CT molecular complexity index is 823. The van der Waals surface area contributed by atoms with Crippen molar-refractivity contribution >= 4 is 23.1 Å². The van der Waals surface area contributed by atoms with Crippen molar-refractivity contribution in [2.45, 2.75) is 32.1 Å². The van der Waals surface area contributed by atoms with Gasteiger partial charge in [0, 0.05) is 11.6 Å². The molecule has 134 valence electrons. The molecule has 0 radical (unpaired) electrons. The Hall–Kier alpha value is -3.07. The molecule has 0 atom stereocenters. The van der Waals surface area contributed by atoms with Crippen LogP contribution in [0.1, 0.15) is 37.8 Å². The van der Waals surface area contributed by atoms with E-state index in [-0.39, 0.29) is 11.8 Å². The minimum absolute atomic E-state index is 0.0461. The number of hydrogen-bond acceptors (Lipinski definition) is 5. The number of ether oxygens (including phenoxy) is 1. The van der Waals surface area contributed by atoms with Crippen LogP contribution >= 0.6 is 0 Å². The Kier molecular flexibility index (Phi) is 5.69. The second-order valence-corrected chi connectivity index (χ2v) is 6.38. The molecule has 2 aromatic rings. The van der Waals surface area contributed by atoms with Crippen molar-refractivity contribution in [3.8, 4) is 11.8 Å². The van der Waals surface area contributed by atoms with E-state index in [0.717, 1.165) is 31.4 Å². The van der Waals surface area contributed by atoms with Crippen LogP contribution in [-0.4, -0.2) is 18.0 Å². The number of benzene rings is 1. The van der Waals surface area contributed by atoms with Gasteiger partial charge < -0.3 is 15.4 Å². The summed E-state index contributed by atoms with van der Waals surface area (Å²) in [6.45, 7) is 0. The number of carbonyl (C=O) groups is 1.